The van der Waals surface area contributed by atoms with Gasteiger partial charge in [0, 0.05) is 30.8 Å². The average molecular weight is 218 g/mol. The first-order chi connectivity index (χ1) is 7.74. The van der Waals surface area contributed by atoms with Crippen molar-refractivity contribution in [1.29, 1.82) is 0 Å². The van der Waals surface area contributed by atoms with Crippen LogP contribution in [0.3, 0.4) is 0 Å². The number of nitrogens with zero attached hydrogens (tertiary/aromatic N) is 3. The largest absolute Gasteiger partial charge is 0.306 e. The van der Waals surface area contributed by atoms with E-state index in [9.17, 15) is 4.79 Å². The summed E-state index contributed by atoms with van der Waals surface area (Å²) < 4.78 is 1.46. The second-order valence-electron chi connectivity index (χ2n) is 4.42. The van der Waals surface area contributed by atoms with E-state index in [1.54, 1.807) is 12.3 Å². The topological polar surface area (TPSA) is 53.4 Å². The van der Waals surface area contributed by atoms with Crippen molar-refractivity contribution in [1.82, 2.24) is 19.5 Å². The van der Waals surface area contributed by atoms with Crippen LogP contribution >= 0.6 is 0 Å². The van der Waals surface area contributed by atoms with Crippen molar-refractivity contribution in [2.75, 3.05) is 20.1 Å². The Hall–Kier alpha value is -1.62. The van der Waals surface area contributed by atoms with Crippen LogP contribution in [-0.2, 0) is 0 Å². The van der Waals surface area contributed by atoms with Gasteiger partial charge in [-0.25, -0.2) is 9.50 Å². The van der Waals surface area contributed by atoms with E-state index in [0.29, 0.717) is 11.6 Å². The minimum absolute atomic E-state index is 0.0282. The fourth-order valence-corrected chi connectivity index (χ4v) is 2.33. The molecule has 0 radical (unpaired) electrons. The van der Waals surface area contributed by atoms with E-state index in [-0.39, 0.29) is 5.56 Å². The standard InChI is InChI=1S/C11H14N4O/c1-14-5-3-8(7-14)9-6-11(16)15-10(13-9)2-4-12-15/h2,4,6,8,12H,3,5,7H2,1H3. The Morgan fingerprint density at radius 2 is 2.44 bits per heavy atom. The summed E-state index contributed by atoms with van der Waals surface area (Å²) in [4.78, 5) is 18.6. The lowest BCUT2D eigenvalue weighted by Gasteiger charge is -2.09. The van der Waals surface area contributed by atoms with Gasteiger partial charge >= 0.3 is 0 Å². The van der Waals surface area contributed by atoms with Crippen LogP contribution in [0.25, 0.3) is 5.65 Å². The number of H-pyrrole nitrogens is 1. The van der Waals surface area contributed by atoms with Crippen LogP contribution in [0.5, 0.6) is 0 Å². The zero-order valence-electron chi connectivity index (χ0n) is 9.18. The number of fused-ring (bicyclic) bond motifs is 1. The summed E-state index contributed by atoms with van der Waals surface area (Å²) >= 11 is 0. The molecule has 1 aliphatic rings. The molecule has 0 amide bonds. The SMILES string of the molecule is CN1CCC(c2cc(=O)n3[nH]ccc3n2)C1. The van der Waals surface area contributed by atoms with Gasteiger partial charge in [0.05, 0.1) is 5.69 Å². The van der Waals surface area contributed by atoms with Gasteiger partial charge in [0.15, 0.2) is 5.65 Å². The molecule has 2 aromatic rings. The van der Waals surface area contributed by atoms with Crippen molar-refractivity contribution in [3.05, 3.63) is 34.4 Å². The van der Waals surface area contributed by atoms with Crippen molar-refractivity contribution in [3.8, 4) is 0 Å². The van der Waals surface area contributed by atoms with Gasteiger partial charge in [-0.1, -0.05) is 0 Å². The number of aromatic nitrogens is 3. The van der Waals surface area contributed by atoms with Gasteiger partial charge in [0.25, 0.3) is 5.56 Å². The predicted octanol–water partition coefficient (Wildman–Crippen LogP) is 0.442. The van der Waals surface area contributed by atoms with Gasteiger partial charge in [-0.3, -0.25) is 9.89 Å². The predicted molar refractivity (Wildman–Crippen MR) is 60.7 cm³/mol. The summed E-state index contributed by atoms with van der Waals surface area (Å²) in [5, 5.41) is 2.85. The highest BCUT2D eigenvalue weighted by atomic mass is 16.1. The average Bonchev–Trinajstić information content (AvgIpc) is 2.85. The molecule has 0 saturated carbocycles. The summed E-state index contributed by atoms with van der Waals surface area (Å²) in [6.45, 7) is 2.08. The molecule has 2 aromatic heterocycles. The van der Waals surface area contributed by atoms with Gasteiger partial charge in [0.2, 0.25) is 0 Å². The second-order valence-corrected chi connectivity index (χ2v) is 4.42. The number of hydrogen-bond acceptors (Lipinski definition) is 3. The maximum absolute atomic E-state index is 11.8. The van der Waals surface area contributed by atoms with Gasteiger partial charge in [0.1, 0.15) is 0 Å². The van der Waals surface area contributed by atoms with Crippen molar-refractivity contribution >= 4 is 5.65 Å². The molecular formula is C11H14N4O. The van der Waals surface area contributed by atoms with Crippen molar-refractivity contribution in [3.63, 3.8) is 0 Å². The number of aromatic amines is 1. The first-order valence-electron chi connectivity index (χ1n) is 5.50. The van der Waals surface area contributed by atoms with Gasteiger partial charge < -0.3 is 4.90 Å². The van der Waals surface area contributed by atoms with E-state index in [2.05, 4.69) is 22.0 Å². The number of hydrogen-bond donors (Lipinski definition) is 1. The molecule has 0 bridgehead atoms. The Balaban J connectivity index is 2.07. The summed E-state index contributed by atoms with van der Waals surface area (Å²) in [5.41, 5.74) is 1.60. The Bertz CT molecular complexity index is 571. The third-order valence-electron chi connectivity index (χ3n) is 3.21. The van der Waals surface area contributed by atoms with Crippen LogP contribution in [0.4, 0.5) is 0 Å². The number of nitrogens with one attached hydrogen (secondary N) is 1. The summed E-state index contributed by atoms with van der Waals surface area (Å²) in [5.74, 6) is 0.401. The molecule has 3 rings (SSSR count). The molecule has 16 heavy (non-hydrogen) atoms. The van der Waals surface area contributed by atoms with Crippen molar-refractivity contribution in [2.24, 2.45) is 0 Å². The quantitative estimate of drug-likeness (QED) is 0.755. The molecule has 0 aromatic carbocycles. The van der Waals surface area contributed by atoms with Crippen molar-refractivity contribution < 1.29 is 0 Å². The van der Waals surface area contributed by atoms with E-state index in [0.717, 1.165) is 25.2 Å². The third kappa shape index (κ3) is 1.44. The fraction of sp³-hybridized carbons (Fsp3) is 0.455. The normalized spacial score (nSPS) is 21.9. The highest BCUT2D eigenvalue weighted by Crippen LogP contribution is 2.23. The van der Waals surface area contributed by atoms with Crippen LogP contribution < -0.4 is 5.56 Å². The zero-order chi connectivity index (χ0) is 11.1. The summed E-state index contributed by atoms with van der Waals surface area (Å²) in [7, 11) is 2.10. The first-order valence-corrected chi connectivity index (χ1v) is 5.50. The van der Waals surface area contributed by atoms with Crippen LogP contribution in [0.1, 0.15) is 18.0 Å². The molecule has 0 spiro atoms. The second kappa shape index (κ2) is 3.45. The molecule has 0 aliphatic carbocycles. The van der Waals surface area contributed by atoms with Crippen molar-refractivity contribution in [2.45, 2.75) is 12.3 Å². The maximum Gasteiger partial charge on any atom is 0.272 e. The van der Waals surface area contributed by atoms with Crippen LogP contribution in [0, 0.1) is 0 Å². The van der Waals surface area contributed by atoms with E-state index in [1.807, 2.05) is 6.07 Å². The van der Waals surface area contributed by atoms with E-state index >= 15 is 0 Å². The highest BCUT2D eigenvalue weighted by molar-refractivity contribution is 5.37. The van der Waals surface area contributed by atoms with Gasteiger partial charge in [-0.2, -0.15) is 0 Å². The molecule has 1 atom stereocenters. The number of rotatable bonds is 1. The van der Waals surface area contributed by atoms with Crippen LogP contribution in [0.2, 0.25) is 0 Å². The van der Waals surface area contributed by atoms with E-state index in [4.69, 9.17) is 0 Å². The van der Waals surface area contributed by atoms with Crippen LogP contribution in [-0.4, -0.2) is 39.6 Å². The van der Waals surface area contributed by atoms with Gasteiger partial charge in [-0.15, -0.1) is 0 Å². The Morgan fingerprint density at radius 1 is 1.56 bits per heavy atom. The number of likely N-dealkylation sites (tertiary alicyclic amines) is 1. The molecule has 1 saturated heterocycles. The zero-order valence-corrected chi connectivity index (χ0v) is 9.18. The molecule has 1 fully saturated rings. The minimum Gasteiger partial charge on any atom is -0.306 e. The monoisotopic (exact) mass is 218 g/mol. The fourth-order valence-electron chi connectivity index (χ4n) is 2.33. The Morgan fingerprint density at radius 3 is 3.19 bits per heavy atom. The van der Waals surface area contributed by atoms with E-state index in [1.165, 1.54) is 4.52 Å². The molecule has 5 heteroatoms. The molecular weight excluding hydrogens is 204 g/mol. The molecule has 1 N–H and O–H groups in total. The summed E-state index contributed by atoms with van der Waals surface area (Å²) in [6.07, 6.45) is 2.82. The Labute approximate surface area is 92.7 Å². The lowest BCUT2D eigenvalue weighted by molar-refractivity contribution is 0.410. The summed E-state index contributed by atoms with van der Waals surface area (Å²) in [6, 6.07) is 3.47. The molecule has 84 valence electrons. The first kappa shape index (κ1) is 9.59. The van der Waals surface area contributed by atoms with E-state index < -0.39 is 0 Å². The molecule has 3 heterocycles. The highest BCUT2D eigenvalue weighted by Gasteiger charge is 2.23. The molecule has 5 nitrogen and oxygen atoms in total. The Kier molecular flexibility index (Phi) is 2.07. The lowest BCUT2D eigenvalue weighted by Crippen LogP contribution is -2.18. The number of likely N-dealkylation sites (N-methyl/N-ethyl adjacent to an activating group) is 1. The third-order valence-corrected chi connectivity index (χ3v) is 3.21. The minimum atomic E-state index is -0.0282. The molecule has 1 aliphatic heterocycles. The lowest BCUT2D eigenvalue weighted by atomic mass is 10.1. The van der Waals surface area contributed by atoms with Gasteiger partial charge in [-0.05, 0) is 20.0 Å². The smallest absolute Gasteiger partial charge is 0.272 e. The maximum atomic E-state index is 11.8. The van der Waals surface area contributed by atoms with Crippen LogP contribution in [0.15, 0.2) is 23.1 Å². The molecule has 1 unspecified atom stereocenters.